The number of para-hydroxylation sites is 1. The van der Waals surface area contributed by atoms with Crippen LogP contribution in [0.5, 0.6) is 0 Å². The molecule has 8 heteroatoms. The Hall–Kier alpha value is -1.93. The molecule has 0 saturated carbocycles. The molecule has 1 amide bonds. The van der Waals surface area contributed by atoms with Crippen LogP contribution in [0.4, 0.5) is 0 Å². The zero-order valence-corrected chi connectivity index (χ0v) is 18.6. The Labute approximate surface area is 185 Å². The van der Waals surface area contributed by atoms with Gasteiger partial charge in [-0.3, -0.25) is 9.69 Å². The van der Waals surface area contributed by atoms with Gasteiger partial charge in [-0.05, 0) is 38.0 Å². The molecule has 6 nitrogen and oxygen atoms in total. The molecule has 3 aromatic rings. The van der Waals surface area contributed by atoms with Crippen LogP contribution in [0.15, 0.2) is 30.3 Å². The van der Waals surface area contributed by atoms with Gasteiger partial charge in [-0.15, -0.1) is 11.3 Å². The molecular formula is C22H25ClN4O2S. The van der Waals surface area contributed by atoms with Crippen molar-refractivity contribution < 1.29 is 9.53 Å². The number of rotatable bonds is 4. The lowest BCUT2D eigenvalue weighted by atomic mass is 10.2. The highest BCUT2D eigenvalue weighted by Gasteiger charge is 2.27. The molecule has 0 aliphatic carbocycles. The molecular weight excluding hydrogens is 420 g/mol. The third kappa shape index (κ3) is 3.75. The van der Waals surface area contributed by atoms with Gasteiger partial charge in [0.05, 0.1) is 27.4 Å². The van der Waals surface area contributed by atoms with Crippen LogP contribution in [0.25, 0.3) is 15.9 Å². The van der Waals surface area contributed by atoms with Crippen molar-refractivity contribution in [3.8, 4) is 5.69 Å². The van der Waals surface area contributed by atoms with Gasteiger partial charge in [-0.25, -0.2) is 4.68 Å². The molecule has 2 aliphatic rings. The number of hydrogen-bond donors (Lipinski definition) is 0. The van der Waals surface area contributed by atoms with Crippen LogP contribution in [0, 0.1) is 6.92 Å². The largest absolute Gasteiger partial charge is 0.377 e. The quantitative estimate of drug-likeness (QED) is 0.610. The van der Waals surface area contributed by atoms with E-state index in [4.69, 9.17) is 16.3 Å². The van der Waals surface area contributed by atoms with Crippen LogP contribution in [0.3, 0.4) is 0 Å². The molecule has 1 unspecified atom stereocenters. The normalized spacial score (nSPS) is 20.3. The second kappa shape index (κ2) is 8.30. The van der Waals surface area contributed by atoms with Crippen molar-refractivity contribution in [3.05, 3.63) is 45.9 Å². The number of piperazine rings is 1. The highest BCUT2D eigenvalue weighted by atomic mass is 35.5. The minimum Gasteiger partial charge on any atom is -0.377 e. The van der Waals surface area contributed by atoms with Gasteiger partial charge in [-0.1, -0.05) is 23.7 Å². The van der Waals surface area contributed by atoms with E-state index in [0.29, 0.717) is 11.1 Å². The molecule has 1 aromatic carbocycles. The van der Waals surface area contributed by atoms with E-state index in [1.807, 2.05) is 46.8 Å². The second-order valence-electron chi connectivity index (χ2n) is 8.01. The maximum Gasteiger partial charge on any atom is 0.264 e. The van der Waals surface area contributed by atoms with E-state index >= 15 is 0 Å². The molecule has 0 spiro atoms. The average Bonchev–Trinajstić information content (AvgIpc) is 3.48. The molecule has 2 aromatic heterocycles. The number of carbonyl (C=O) groups excluding carboxylic acids is 1. The fourth-order valence-electron chi connectivity index (χ4n) is 4.31. The zero-order valence-electron chi connectivity index (χ0n) is 17.0. The summed E-state index contributed by atoms with van der Waals surface area (Å²) in [4.78, 5) is 19.3. The summed E-state index contributed by atoms with van der Waals surface area (Å²) in [5, 5.41) is 6.31. The molecule has 158 valence electrons. The van der Waals surface area contributed by atoms with Crippen molar-refractivity contribution in [1.82, 2.24) is 19.6 Å². The van der Waals surface area contributed by atoms with E-state index in [0.717, 1.165) is 72.2 Å². The van der Waals surface area contributed by atoms with E-state index in [1.165, 1.54) is 17.8 Å². The summed E-state index contributed by atoms with van der Waals surface area (Å²) < 4.78 is 7.61. The Kier molecular flexibility index (Phi) is 5.54. The van der Waals surface area contributed by atoms with E-state index < -0.39 is 0 Å². The number of thiophene rings is 1. The number of amides is 1. The lowest BCUT2D eigenvalue weighted by molar-refractivity contribution is 0.0435. The van der Waals surface area contributed by atoms with Gasteiger partial charge in [-0.2, -0.15) is 5.10 Å². The summed E-state index contributed by atoms with van der Waals surface area (Å²) in [7, 11) is 0. The number of nitrogens with zero attached hydrogens (tertiary/aromatic N) is 4. The van der Waals surface area contributed by atoms with Crippen molar-refractivity contribution in [2.75, 3.05) is 39.3 Å². The molecule has 2 saturated heterocycles. The number of ether oxygens (including phenoxy) is 1. The Morgan fingerprint density at radius 1 is 1.27 bits per heavy atom. The van der Waals surface area contributed by atoms with E-state index in [2.05, 4.69) is 10.00 Å². The summed E-state index contributed by atoms with van der Waals surface area (Å²) in [6.07, 6.45) is 2.69. The Morgan fingerprint density at radius 2 is 2.07 bits per heavy atom. The van der Waals surface area contributed by atoms with Gasteiger partial charge >= 0.3 is 0 Å². The average molecular weight is 445 g/mol. The molecule has 2 fully saturated rings. The van der Waals surface area contributed by atoms with Gasteiger partial charge in [0.2, 0.25) is 0 Å². The topological polar surface area (TPSA) is 50.6 Å². The van der Waals surface area contributed by atoms with Crippen LogP contribution in [0.1, 0.15) is 28.2 Å². The first-order chi connectivity index (χ1) is 14.6. The van der Waals surface area contributed by atoms with Crippen LogP contribution < -0.4 is 0 Å². The first-order valence-corrected chi connectivity index (χ1v) is 11.7. The van der Waals surface area contributed by atoms with Gasteiger partial charge in [0.25, 0.3) is 5.91 Å². The van der Waals surface area contributed by atoms with Gasteiger partial charge in [0, 0.05) is 44.7 Å². The van der Waals surface area contributed by atoms with Crippen LogP contribution >= 0.6 is 22.9 Å². The molecule has 30 heavy (non-hydrogen) atoms. The number of hydrogen-bond acceptors (Lipinski definition) is 5. The number of aromatic nitrogens is 2. The number of benzene rings is 1. The van der Waals surface area contributed by atoms with E-state index in [-0.39, 0.29) is 5.91 Å². The third-order valence-corrected chi connectivity index (χ3v) is 7.40. The molecule has 0 N–H and O–H groups in total. The zero-order chi connectivity index (χ0) is 20.7. The minimum absolute atomic E-state index is 0.109. The summed E-state index contributed by atoms with van der Waals surface area (Å²) in [5.74, 6) is 0.109. The molecule has 0 bridgehead atoms. The lowest BCUT2D eigenvalue weighted by Crippen LogP contribution is -2.50. The van der Waals surface area contributed by atoms with Crippen molar-refractivity contribution in [1.29, 1.82) is 0 Å². The van der Waals surface area contributed by atoms with Crippen molar-refractivity contribution in [2.24, 2.45) is 0 Å². The second-order valence-corrected chi connectivity index (χ2v) is 9.44. The van der Waals surface area contributed by atoms with Gasteiger partial charge < -0.3 is 9.64 Å². The summed E-state index contributed by atoms with van der Waals surface area (Å²) in [5.41, 5.74) is 1.74. The fraction of sp³-hybridized carbons (Fsp3) is 0.455. The predicted octanol–water partition coefficient (Wildman–Crippen LogP) is 3.99. The molecule has 4 heterocycles. The maximum atomic E-state index is 13.2. The summed E-state index contributed by atoms with van der Waals surface area (Å²) in [6, 6.07) is 9.63. The number of fused-ring (bicyclic) bond motifs is 1. The monoisotopic (exact) mass is 444 g/mol. The lowest BCUT2D eigenvalue weighted by Gasteiger charge is -2.35. The van der Waals surface area contributed by atoms with Gasteiger partial charge in [0.1, 0.15) is 4.83 Å². The third-order valence-electron chi connectivity index (χ3n) is 5.98. The molecule has 1 atom stereocenters. The molecule has 2 aliphatic heterocycles. The number of halogens is 1. The Bertz CT molecular complexity index is 1060. The van der Waals surface area contributed by atoms with Crippen LogP contribution in [-0.4, -0.2) is 70.9 Å². The Morgan fingerprint density at radius 3 is 2.80 bits per heavy atom. The van der Waals surface area contributed by atoms with Crippen molar-refractivity contribution in [2.45, 2.75) is 25.9 Å². The molecule has 0 radical (unpaired) electrons. The Balaban J connectivity index is 1.32. The summed E-state index contributed by atoms with van der Waals surface area (Å²) in [6.45, 7) is 7.18. The standard InChI is InChI=1S/C22H25ClN4O2S/c1-15-17-13-20(30-22(17)27(24-15)19-7-3-2-6-18(19)23)21(28)26-10-8-25(9-11-26)14-16-5-4-12-29-16/h2-3,6-7,13,16H,4-5,8-12,14H2,1H3. The first-order valence-electron chi connectivity index (χ1n) is 10.5. The van der Waals surface area contributed by atoms with E-state index in [1.54, 1.807) is 0 Å². The van der Waals surface area contributed by atoms with Crippen molar-refractivity contribution in [3.63, 3.8) is 0 Å². The summed E-state index contributed by atoms with van der Waals surface area (Å²) >= 11 is 7.88. The minimum atomic E-state index is 0.109. The number of carbonyl (C=O) groups is 1. The maximum absolute atomic E-state index is 13.2. The predicted molar refractivity (Wildman–Crippen MR) is 120 cm³/mol. The number of aryl methyl sites for hydroxylation is 1. The first kappa shape index (κ1) is 20.0. The highest BCUT2D eigenvalue weighted by Crippen LogP contribution is 2.33. The highest BCUT2D eigenvalue weighted by molar-refractivity contribution is 7.20. The van der Waals surface area contributed by atoms with Crippen LogP contribution in [0.2, 0.25) is 5.02 Å². The SMILES string of the molecule is Cc1nn(-c2ccccc2Cl)c2sc(C(=O)N3CCN(CC4CCCO4)CC3)cc12. The van der Waals surface area contributed by atoms with Crippen LogP contribution in [-0.2, 0) is 4.74 Å². The smallest absolute Gasteiger partial charge is 0.264 e. The van der Waals surface area contributed by atoms with Crippen molar-refractivity contribution >= 4 is 39.1 Å². The van der Waals surface area contributed by atoms with Gasteiger partial charge in [0.15, 0.2) is 0 Å². The van der Waals surface area contributed by atoms with E-state index in [9.17, 15) is 4.79 Å². The molecule has 5 rings (SSSR count). The fourth-order valence-corrected chi connectivity index (χ4v) is 5.66.